The van der Waals surface area contributed by atoms with Crippen molar-refractivity contribution < 1.29 is 0 Å². The Morgan fingerprint density at radius 2 is 2.21 bits per heavy atom. The maximum Gasteiger partial charge on any atom is 0.0485 e. The topological polar surface area (TPSA) is 38.9 Å². The number of halogens is 1. The predicted octanol–water partition coefficient (Wildman–Crippen LogP) is 3.77. The van der Waals surface area contributed by atoms with Gasteiger partial charge in [-0.25, -0.2) is 0 Å². The largest absolute Gasteiger partial charge is 0.323 e. The number of fused-ring (bicyclic) bond motifs is 1. The van der Waals surface area contributed by atoms with Crippen LogP contribution in [-0.4, -0.2) is 4.98 Å². The summed E-state index contributed by atoms with van der Waals surface area (Å²) < 4.78 is 0. The zero-order valence-electron chi connectivity index (χ0n) is 10.9. The van der Waals surface area contributed by atoms with Crippen LogP contribution in [0.15, 0.2) is 36.5 Å². The molecule has 3 rings (SSSR count). The second-order valence-electron chi connectivity index (χ2n) is 5.24. The van der Waals surface area contributed by atoms with Gasteiger partial charge in [0.2, 0.25) is 0 Å². The molecule has 1 aliphatic rings. The minimum atomic E-state index is -0.0794. The van der Waals surface area contributed by atoms with E-state index < -0.39 is 0 Å². The van der Waals surface area contributed by atoms with Crippen LogP contribution in [-0.2, 0) is 6.42 Å². The van der Waals surface area contributed by atoms with Gasteiger partial charge in [0.05, 0.1) is 0 Å². The van der Waals surface area contributed by atoms with Gasteiger partial charge < -0.3 is 5.73 Å². The number of benzene rings is 1. The summed E-state index contributed by atoms with van der Waals surface area (Å²) in [6, 6.07) is 10.1. The SMILES string of the molecule is Cc1ccc(C(N)C2CCc3cccnc32)c(Cl)c1. The summed E-state index contributed by atoms with van der Waals surface area (Å²) in [7, 11) is 0. The fraction of sp³-hybridized carbons (Fsp3) is 0.312. The van der Waals surface area contributed by atoms with Crippen molar-refractivity contribution in [3.63, 3.8) is 0 Å². The molecule has 0 saturated heterocycles. The lowest BCUT2D eigenvalue weighted by Crippen LogP contribution is -2.19. The van der Waals surface area contributed by atoms with Crippen LogP contribution < -0.4 is 5.73 Å². The maximum absolute atomic E-state index is 6.44. The third kappa shape index (κ3) is 2.26. The summed E-state index contributed by atoms with van der Waals surface area (Å²) in [5.41, 5.74) is 11.1. The molecule has 0 saturated carbocycles. The summed E-state index contributed by atoms with van der Waals surface area (Å²) in [6.07, 6.45) is 3.96. The van der Waals surface area contributed by atoms with Gasteiger partial charge in [0.1, 0.15) is 0 Å². The molecule has 0 spiro atoms. The Labute approximate surface area is 118 Å². The average molecular weight is 273 g/mol. The summed E-state index contributed by atoms with van der Waals surface area (Å²) in [5, 5.41) is 0.761. The molecule has 0 fully saturated rings. The first-order valence-corrected chi connectivity index (χ1v) is 7.00. The number of rotatable bonds is 2. The Morgan fingerprint density at radius 1 is 1.37 bits per heavy atom. The molecule has 0 aliphatic heterocycles. The third-order valence-corrected chi connectivity index (χ3v) is 4.28. The lowest BCUT2D eigenvalue weighted by molar-refractivity contribution is 0.541. The average Bonchev–Trinajstić information content (AvgIpc) is 2.82. The number of hydrogen-bond donors (Lipinski definition) is 1. The smallest absolute Gasteiger partial charge is 0.0485 e. The minimum Gasteiger partial charge on any atom is -0.323 e. The second kappa shape index (κ2) is 4.95. The van der Waals surface area contributed by atoms with Crippen molar-refractivity contribution in [2.75, 3.05) is 0 Å². The Bertz CT molecular complexity index is 609. The minimum absolute atomic E-state index is 0.0794. The highest BCUT2D eigenvalue weighted by atomic mass is 35.5. The molecular formula is C16H17ClN2. The van der Waals surface area contributed by atoms with Gasteiger partial charge in [-0.1, -0.05) is 29.8 Å². The maximum atomic E-state index is 6.44. The number of aryl methyl sites for hydroxylation is 2. The first-order chi connectivity index (χ1) is 9.16. The number of nitrogens with two attached hydrogens (primary N) is 1. The number of nitrogens with zero attached hydrogens (tertiary/aromatic N) is 1. The molecule has 1 heterocycles. The molecule has 2 nitrogen and oxygen atoms in total. The molecule has 0 radical (unpaired) electrons. The van der Waals surface area contributed by atoms with Crippen LogP contribution in [0, 0.1) is 6.92 Å². The van der Waals surface area contributed by atoms with Crippen molar-refractivity contribution in [1.82, 2.24) is 4.98 Å². The molecule has 0 bridgehead atoms. The van der Waals surface area contributed by atoms with Crippen molar-refractivity contribution in [2.24, 2.45) is 5.73 Å². The van der Waals surface area contributed by atoms with E-state index in [4.69, 9.17) is 17.3 Å². The summed E-state index contributed by atoms with van der Waals surface area (Å²) in [4.78, 5) is 4.51. The van der Waals surface area contributed by atoms with E-state index in [0.717, 1.165) is 34.7 Å². The fourth-order valence-corrected chi connectivity index (χ4v) is 3.27. The fourth-order valence-electron chi connectivity index (χ4n) is 2.91. The van der Waals surface area contributed by atoms with Gasteiger partial charge in [0.15, 0.2) is 0 Å². The summed E-state index contributed by atoms with van der Waals surface area (Å²) in [5.74, 6) is 0.274. The molecule has 1 aliphatic carbocycles. The summed E-state index contributed by atoms with van der Waals surface area (Å²) in [6.45, 7) is 2.04. The first-order valence-electron chi connectivity index (χ1n) is 6.62. The molecule has 2 aromatic rings. The van der Waals surface area contributed by atoms with Crippen LogP contribution in [0.25, 0.3) is 0 Å². The van der Waals surface area contributed by atoms with Crippen molar-refractivity contribution >= 4 is 11.6 Å². The van der Waals surface area contributed by atoms with Crippen LogP contribution in [0.5, 0.6) is 0 Å². The van der Waals surface area contributed by atoms with E-state index in [1.54, 1.807) is 0 Å². The third-order valence-electron chi connectivity index (χ3n) is 3.95. The standard InChI is InChI=1S/C16H17ClN2/c1-10-4-6-12(14(17)9-10)15(18)13-7-5-11-3-2-8-19-16(11)13/h2-4,6,8-9,13,15H,5,7,18H2,1H3. The number of hydrogen-bond acceptors (Lipinski definition) is 2. The van der Waals surface area contributed by atoms with Crippen LogP contribution >= 0.6 is 11.6 Å². The molecule has 1 aromatic carbocycles. The van der Waals surface area contributed by atoms with E-state index in [9.17, 15) is 0 Å². The van der Waals surface area contributed by atoms with E-state index in [1.165, 1.54) is 5.56 Å². The lowest BCUT2D eigenvalue weighted by atomic mass is 9.91. The second-order valence-corrected chi connectivity index (χ2v) is 5.65. The van der Waals surface area contributed by atoms with E-state index in [1.807, 2.05) is 31.3 Å². The van der Waals surface area contributed by atoms with Gasteiger partial charge in [-0.15, -0.1) is 0 Å². The molecule has 2 atom stereocenters. The van der Waals surface area contributed by atoms with Gasteiger partial charge in [-0.05, 0) is 48.6 Å². The van der Waals surface area contributed by atoms with E-state index in [2.05, 4.69) is 17.1 Å². The van der Waals surface area contributed by atoms with Crippen molar-refractivity contribution in [2.45, 2.75) is 31.7 Å². The van der Waals surface area contributed by atoms with Crippen molar-refractivity contribution in [3.8, 4) is 0 Å². The first kappa shape index (κ1) is 12.6. The van der Waals surface area contributed by atoms with E-state index in [0.29, 0.717) is 0 Å². The summed E-state index contributed by atoms with van der Waals surface area (Å²) >= 11 is 6.33. The Morgan fingerprint density at radius 3 is 3.00 bits per heavy atom. The quantitative estimate of drug-likeness (QED) is 0.904. The van der Waals surface area contributed by atoms with Gasteiger partial charge in [-0.3, -0.25) is 4.98 Å². The van der Waals surface area contributed by atoms with Gasteiger partial charge in [0, 0.05) is 28.9 Å². The van der Waals surface area contributed by atoms with Crippen LogP contribution in [0.4, 0.5) is 0 Å². The Hall–Kier alpha value is -1.38. The Balaban J connectivity index is 1.95. The molecule has 3 heteroatoms. The van der Waals surface area contributed by atoms with Crippen LogP contribution in [0.2, 0.25) is 5.02 Å². The molecule has 2 unspecified atom stereocenters. The molecule has 1 aromatic heterocycles. The highest BCUT2D eigenvalue weighted by Crippen LogP contribution is 2.40. The van der Waals surface area contributed by atoms with E-state index >= 15 is 0 Å². The molecule has 2 N–H and O–H groups in total. The molecule has 0 amide bonds. The van der Waals surface area contributed by atoms with Crippen LogP contribution in [0.3, 0.4) is 0 Å². The van der Waals surface area contributed by atoms with Gasteiger partial charge in [-0.2, -0.15) is 0 Å². The van der Waals surface area contributed by atoms with Crippen molar-refractivity contribution in [1.29, 1.82) is 0 Å². The van der Waals surface area contributed by atoms with Gasteiger partial charge in [0.25, 0.3) is 0 Å². The molecule has 98 valence electrons. The zero-order chi connectivity index (χ0) is 13.4. The van der Waals surface area contributed by atoms with Gasteiger partial charge >= 0.3 is 0 Å². The van der Waals surface area contributed by atoms with Crippen molar-refractivity contribution in [3.05, 3.63) is 63.9 Å². The normalized spacial score (nSPS) is 19.2. The highest BCUT2D eigenvalue weighted by Gasteiger charge is 2.30. The monoisotopic (exact) mass is 272 g/mol. The number of aromatic nitrogens is 1. The lowest BCUT2D eigenvalue weighted by Gasteiger charge is -2.21. The predicted molar refractivity (Wildman–Crippen MR) is 78.4 cm³/mol. The molecular weight excluding hydrogens is 256 g/mol. The van der Waals surface area contributed by atoms with E-state index in [-0.39, 0.29) is 12.0 Å². The zero-order valence-corrected chi connectivity index (χ0v) is 11.7. The highest BCUT2D eigenvalue weighted by molar-refractivity contribution is 6.31. The Kier molecular flexibility index (Phi) is 3.29. The van der Waals surface area contributed by atoms with Crippen LogP contribution in [0.1, 0.15) is 40.8 Å². The number of pyridine rings is 1. The molecule has 19 heavy (non-hydrogen) atoms.